The van der Waals surface area contributed by atoms with Crippen molar-refractivity contribution in [1.82, 2.24) is 30.0 Å². The first-order valence-corrected chi connectivity index (χ1v) is 11.4. The van der Waals surface area contributed by atoms with Gasteiger partial charge in [-0.15, -0.1) is 0 Å². The number of rotatable bonds is 4. The molecule has 1 amide bonds. The molecule has 3 aromatic heterocycles. The maximum atomic E-state index is 13.1. The third-order valence-corrected chi connectivity index (χ3v) is 7.74. The summed E-state index contributed by atoms with van der Waals surface area (Å²) in [4.78, 5) is 29.5. The Morgan fingerprint density at radius 3 is 3.00 bits per heavy atom. The van der Waals surface area contributed by atoms with Crippen LogP contribution in [0.1, 0.15) is 31.5 Å². The Labute approximate surface area is 186 Å². The lowest BCUT2D eigenvalue weighted by molar-refractivity contribution is -0.124. The van der Waals surface area contributed by atoms with Crippen LogP contribution in [0.4, 0.5) is 5.69 Å². The van der Waals surface area contributed by atoms with Gasteiger partial charge in [0.15, 0.2) is 11.5 Å². The number of carbonyl (C=O) groups excluding carboxylic acids is 1. The molecule has 1 saturated carbocycles. The van der Waals surface area contributed by atoms with Gasteiger partial charge in [0.05, 0.1) is 36.7 Å². The molecule has 2 fully saturated rings. The van der Waals surface area contributed by atoms with E-state index in [0.29, 0.717) is 24.3 Å². The smallest absolute Gasteiger partial charge is 0.243 e. The monoisotopic (exact) mass is 435 g/mol. The molecule has 6 rings (SSSR count). The minimum Gasteiger partial charge on any atom is -0.379 e. The van der Waals surface area contributed by atoms with Gasteiger partial charge in [-0.3, -0.25) is 14.8 Å². The highest BCUT2D eigenvalue weighted by Crippen LogP contribution is 2.59. The van der Waals surface area contributed by atoms with E-state index in [1.807, 2.05) is 13.0 Å². The number of carbonyl (C=O) groups is 1. The number of likely N-dealkylation sites (N-methyl/N-ethyl adjacent to an activating group) is 1. The highest BCUT2D eigenvalue weighted by atomic mass is 16.5. The minimum atomic E-state index is -0.208. The summed E-state index contributed by atoms with van der Waals surface area (Å²) in [6, 6.07) is 1.74. The van der Waals surface area contributed by atoms with E-state index in [-0.39, 0.29) is 11.9 Å². The summed E-state index contributed by atoms with van der Waals surface area (Å²) in [6.07, 6.45) is 5.14. The lowest BCUT2D eigenvalue weighted by atomic mass is 9.88. The molecule has 3 aliphatic rings. The summed E-state index contributed by atoms with van der Waals surface area (Å²) in [5.41, 5.74) is 6.07. The summed E-state index contributed by atoms with van der Waals surface area (Å²) in [5.74, 6) is 1.54. The summed E-state index contributed by atoms with van der Waals surface area (Å²) >= 11 is 0. The van der Waals surface area contributed by atoms with E-state index in [4.69, 9.17) is 9.72 Å². The van der Waals surface area contributed by atoms with E-state index < -0.39 is 0 Å². The van der Waals surface area contributed by atoms with Gasteiger partial charge in [0.25, 0.3) is 0 Å². The van der Waals surface area contributed by atoms with Gasteiger partial charge < -0.3 is 14.6 Å². The second kappa shape index (κ2) is 7.11. The Morgan fingerprint density at radius 2 is 2.19 bits per heavy atom. The third kappa shape index (κ3) is 3.14. The fraction of sp³-hybridized carbons (Fsp3) is 0.565. The molecule has 2 N–H and O–H groups in total. The van der Waals surface area contributed by atoms with Crippen LogP contribution in [0, 0.1) is 11.3 Å². The van der Waals surface area contributed by atoms with Crippen molar-refractivity contribution in [1.29, 1.82) is 0 Å². The zero-order chi connectivity index (χ0) is 22.0. The summed E-state index contributed by atoms with van der Waals surface area (Å²) in [7, 11) is 1.80. The number of fused-ring (bicyclic) bond motifs is 3. The second-order valence-electron chi connectivity index (χ2n) is 9.84. The maximum absolute atomic E-state index is 13.1. The van der Waals surface area contributed by atoms with Crippen LogP contribution in [-0.2, 0) is 22.4 Å². The average molecular weight is 436 g/mol. The number of imidazole rings is 1. The Bertz CT molecular complexity index is 1190. The molecule has 3 atom stereocenters. The van der Waals surface area contributed by atoms with Crippen molar-refractivity contribution in [2.45, 2.75) is 39.2 Å². The van der Waals surface area contributed by atoms with E-state index in [2.05, 4.69) is 32.0 Å². The SMILES string of the molecule is CC(C(=O)N(C)c1cnc2nc(-c3n[nH]c4c3C[C@@H]3C[C@]3(C)C4)[nH]c2c1)N1CCOCC1. The van der Waals surface area contributed by atoms with Gasteiger partial charge in [-0.1, -0.05) is 6.92 Å². The van der Waals surface area contributed by atoms with Crippen molar-refractivity contribution < 1.29 is 9.53 Å². The normalized spacial score (nSPS) is 25.9. The molecule has 3 aromatic rings. The molecule has 1 aliphatic heterocycles. The van der Waals surface area contributed by atoms with Gasteiger partial charge in [0.1, 0.15) is 5.69 Å². The second-order valence-corrected chi connectivity index (χ2v) is 9.84. The fourth-order valence-corrected chi connectivity index (χ4v) is 5.37. The summed E-state index contributed by atoms with van der Waals surface area (Å²) in [6.45, 7) is 7.21. The van der Waals surface area contributed by atoms with Crippen LogP contribution in [0.25, 0.3) is 22.7 Å². The number of anilines is 1. The predicted molar refractivity (Wildman–Crippen MR) is 120 cm³/mol. The molecular formula is C23H29N7O2. The highest BCUT2D eigenvalue weighted by molar-refractivity contribution is 5.97. The predicted octanol–water partition coefficient (Wildman–Crippen LogP) is 2.16. The third-order valence-electron chi connectivity index (χ3n) is 7.74. The first-order chi connectivity index (χ1) is 15.4. The molecule has 168 valence electrons. The molecule has 9 heteroatoms. The van der Waals surface area contributed by atoms with E-state index in [9.17, 15) is 4.79 Å². The van der Waals surface area contributed by atoms with Crippen molar-refractivity contribution in [2.75, 3.05) is 38.3 Å². The number of morpholine rings is 1. The van der Waals surface area contributed by atoms with E-state index in [1.165, 1.54) is 17.7 Å². The van der Waals surface area contributed by atoms with Gasteiger partial charge >= 0.3 is 0 Å². The highest BCUT2D eigenvalue weighted by Gasteiger charge is 2.53. The van der Waals surface area contributed by atoms with Crippen molar-refractivity contribution in [3.8, 4) is 11.5 Å². The zero-order valence-corrected chi connectivity index (χ0v) is 18.8. The van der Waals surface area contributed by atoms with Crippen LogP contribution in [0.5, 0.6) is 0 Å². The number of ether oxygens (including phenoxy) is 1. The van der Waals surface area contributed by atoms with Crippen molar-refractivity contribution in [3.63, 3.8) is 0 Å². The molecular weight excluding hydrogens is 406 g/mol. The summed E-state index contributed by atoms with van der Waals surface area (Å²) in [5, 5.41) is 7.83. The molecule has 32 heavy (non-hydrogen) atoms. The van der Waals surface area contributed by atoms with Crippen molar-refractivity contribution in [2.24, 2.45) is 11.3 Å². The standard InChI is InChI=1S/C23H29N7O2/c1-13(30-4-6-32-7-5-30)22(31)29(3)15-9-17-20(24-12-15)26-21(25-17)19-16-8-14-10-23(14,2)11-18(16)27-28-19/h9,12-14H,4-8,10-11H2,1-3H3,(H,27,28)(H,24,25,26)/t13?,14-,23-/m1/s1. The number of aromatic amines is 2. The largest absolute Gasteiger partial charge is 0.379 e. The van der Waals surface area contributed by atoms with Gasteiger partial charge in [-0.2, -0.15) is 5.10 Å². The van der Waals surface area contributed by atoms with Crippen molar-refractivity contribution >= 4 is 22.8 Å². The van der Waals surface area contributed by atoms with Crippen LogP contribution in [-0.4, -0.2) is 75.3 Å². The van der Waals surface area contributed by atoms with Crippen LogP contribution < -0.4 is 4.90 Å². The molecule has 4 heterocycles. The molecule has 0 spiro atoms. The molecule has 9 nitrogen and oxygen atoms in total. The topological polar surface area (TPSA) is 103 Å². The lowest BCUT2D eigenvalue weighted by Gasteiger charge is -2.33. The molecule has 1 saturated heterocycles. The first kappa shape index (κ1) is 19.9. The molecule has 0 radical (unpaired) electrons. The van der Waals surface area contributed by atoms with Crippen molar-refractivity contribution in [3.05, 3.63) is 23.5 Å². The number of aromatic nitrogens is 5. The number of nitrogens with zero attached hydrogens (tertiary/aromatic N) is 5. The van der Waals surface area contributed by atoms with Gasteiger partial charge in [0.2, 0.25) is 5.91 Å². The molecule has 0 aromatic carbocycles. The Balaban J connectivity index is 1.25. The average Bonchev–Trinajstić information content (AvgIpc) is 3.11. The maximum Gasteiger partial charge on any atom is 0.243 e. The number of hydrogen-bond donors (Lipinski definition) is 2. The zero-order valence-electron chi connectivity index (χ0n) is 18.8. The Kier molecular flexibility index (Phi) is 4.42. The quantitative estimate of drug-likeness (QED) is 0.651. The van der Waals surface area contributed by atoms with Crippen LogP contribution in [0.3, 0.4) is 0 Å². The van der Waals surface area contributed by atoms with E-state index in [1.54, 1.807) is 18.1 Å². The lowest BCUT2D eigenvalue weighted by Crippen LogP contribution is -2.50. The van der Waals surface area contributed by atoms with Crippen LogP contribution in [0.2, 0.25) is 0 Å². The van der Waals surface area contributed by atoms with Gasteiger partial charge in [0, 0.05) is 31.4 Å². The van der Waals surface area contributed by atoms with E-state index in [0.717, 1.165) is 54.6 Å². The van der Waals surface area contributed by atoms with Crippen LogP contribution >= 0.6 is 0 Å². The number of amides is 1. The minimum absolute atomic E-state index is 0.0432. The Hall–Kier alpha value is -2.78. The van der Waals surface area contributed by atoms with Gasteiger partial charge in [-0.05, 0) is 43.6 Å². The van der Waals surface area contributed by atoms with Gasteiger partial charge in [-0.25, -0.2) is 9.97 Å². The number of hydrogen-bond acceptors (Lipinski definition) is 6. The fourth-order valence-electron chi connectivity index (χ4n) is 5.37. The molecule has 2 aliphatic carbocycles. The number of nitrogens with one attached hydrogen (secondary N) is 2. The number of H-pyrrole nitrogens is 2. The number of pyridine rings is 1. The van der Waals surface area contributed by atoms with Crippen LogP contribution in [0.15, 0.2) is 12.3 Å². The molecule has 1 unspecified atom stereocenters. The Morgan fingerprint density at radius 1 is 1.38 bits per heavy atom. The van der Waals surface area contributed by atoms with E-state index >= 15 is 0 Å². The summed E-state index contributed by atoms with van der Waals surface area (Å²) < 4.78 is 5.41. The molecule has 0 bridgehead atoms. The first-order valence-electron chi connectivity index (χ1n) is 11.4.